The Hall–Kier alpha value is -3.06. The smallest absolute Gasteiger partial charge is 0.137 e. The first-order valence-electron chi connectivity index (χ1n) is 14.4. The molecule has 0 radical (unpaired) electrons. The second-order valence-electron chi connectivity index (χ2n) is 10.8. The van der Waals surface area contributed by atoms with Gasteiger partial charge in [-0.1, -0.05) is 36.4 Å². The summed E-state index contributed by atoms with van der Waals surface area (Å²) in [6, 6.07) is 21.5. The monoisotopic (exact) mass is 527 g/mol. The maximum Gasteiger partial charge on any atom is 0.137 e. The highest BCUT2D eigenvalue weighted by Crippen LogP contribution is 2.49. The third-order valence-corrected chi connectivity index (χ3v) is 8.23. The van der Waals surface area contributed by atoms with E-state index in [1.165, 1.54) is 16.9 Å². The lowest BCUT2D eigenvalue weighted by Gasteiger charge is -2.40. The average molecular weight is 528 g/mol. The molecule has 1 spiro atoms. The Kier molecular flexibility index (Phi) is 9.40. The van der Waals surface area contributed by atoms with Gasteiger partial charge in [0.2, 0.25) is 0 Å². The summed E-state index contributed by atoms with van der Waals surface area (Å²) in [6.45, 7) is 9.05. The van der Waals surface area contributed by atoms with Crippen LogP contribution >= 0.6 is 0 Å². The molecule has 1 fully saturated rings. The molecule has 0 atom stereocenters. The van der Waals surface area contributed by atoms with Gasteiger partial charge in [-0.3, -0.25) is 9.78 Å². The van der Waals surface area contributed by atoms with Crippen molar-refractivity contribution in [3.63, 3.8) is 0 Å². The van der Waals surface area contributed by atoms with Gasteiger partial charge in [0.1, 0.15) is 5.78 Å². The van der Waals surface area contributed by atoms with Crippen molar-refractivity contribution < 1.29 is 14.3 Å². The predicted octanol–water partition coefficient (Wildman–Crippen LogP) is 5.36. The summed E-state index contributed by atoms with van der Waals surface area (Å²) in [4.78, 5) is 21.8. The fraction of sp³-hybridized carbons (Fsp3) is 0.455. The molecule has 3 heterocycles. The number of aryl methyl sites for hydroxylation is 1. The highest BCUT2D eigenvalue weighted by molar-refractivity contribution is 5.81. The average Bonchev–Trinajstić information content (AvgIpc) is 3.29. The summed E-state index contributed by atoms with van der Waals surface area (Å²) in [7, 11) is 0. The van der Waals surface area contributed by atoms with Crippen LogP contribution in [-0.2, 0) is 32.5 Å². The van der Waals surface area contributed by atoms with Gasteiger partial charge in [-0.15, -0.1) is 0 Å². The van der Waals surface area contributed by atoms with Crippen molar-refractivity contribution >= 4 is 17.2 Å². The molecule has 0 unspecified atom stereocenters. The van der Waals surface area contributed by atoms with Gasteiger partial charge in [0.05, 0.1) is 19.8 Å². The van der Waals surface area contributed by atoms with Crippen LogP contribution in [0.1, 0.15) is 42.9 Å². The molecule has 5 rings (SSSR count). The summed E-state index contributed by atoms with van der Waals surface area (Å²) in [5.74, 6) is 0.267. The summed E-state index contributed by atoms with van der Waals surface area (Å²) >= 11 is 0. The molecule has 0 aliphatic carbocycles. The van der Waals surface area contributed by atoms with E-state index in [0.29, 0.717) is 26.1 Å². The van der Waals surface area contributed by atoms with Crippen molar-refractivity contribution in [3.8, 4) is 0 Å². The number of piperidine rings is 1. The van der Waals surface area contributed by atoms with E-state index in [4.69, 9.17) is 9.47 Å². The van der Waals surface area contributed by atoms with Crippen molar-refractivity contribution in [3.05, 3.63) is 89.7 Å². The number of pyridine rings is 1. The van der Waals surface area contributed by atoms with Crippen LogP contribution in [0.25, 0.3) is 0 Å². The number of ketones is 1. The third-order valence-electron chi connectivity index (χ3n) is 8.23. The van der Waals surface area contributed by atoms with Gasteiger partial charge in [-0.2, -0.15) is 0 Å². The summed E-state index contributed by atoms with van der Waals surface area (Å²) in [5, 5.41) is 0. The lowest BCUT2D eigenvalue weighted by Crippen LogP contribution is -2.45. The van der Waals surface area contributed by atoms with E-state index < -0.39 is 0 Å². The number of hydrogen-bond donors (Lipinski definition) is 0. The lowest BCUT2D eigenvalue weighted by molar-refractivity contribution is -0.118. The number of carbonyl (C=O) groups is 1. The van der Waals surface area contributed by atoms with E-state index in [1.807, 2.05) is 25.3 Å². The molecule has 0 amide bonds. The molecule has 0 N–H and O–H groups in total. The molecule has 39 heavy (non-hydrogen) atoms. The highest BCUT2D eigenvalue weighted by atomic mass is 16.5. The first-order chi connectivity index (χ1) is 19.2. The zero-order chi connectivity index (χ0) is 26.9. The van der Waals surface area contributed by atoms with Gasteiger partial charge in [0.25, 0.3) is 0 Å². The summed E-state index contributed by atoms with van der Waals surface area (Å²) in [5.41, 5.74) is 6.38. The van der Waals surface area contributed by atoms with E-state index in [2.05, 4.69) is 63.3 Å². The molecule has 2 aliphatic heterocycles. The minimum Gasteiger partial charge on any atom is -0.379 e. The molecule has 1 saturated heterocycles. The van der Waals surface area contributed by atoms with Crippen LogP contribution in [0.15, 0.2) is 73.1 Å². The van der Waals surface area contributed by atoms with E-state index in [0.717, 1.165) is 69.8 Å². The molecular formula is C33H41N3O3. The molecule has 0 saturated carbocycles. The van der Waals surface area contributed by atoms with Gasteiger partial charge in [0, 0.05) is 61.7 Å². The van der Waals surface area contributed by atoms with Crippen LogP contribution < -0.4 is 4.90 Å². The van der Waals surface area contributed by atoms with Gasteiger partial charge >= 0.3 is 0 Å². The van der Waals surface area contributed by atoms with Crippen LogP contribution in [0.5, 0.6) is 0 Å². The number of carbonyl (C=O) groups excluding carboxylic acids is 1. The molecule has 1 aromatic heterocycles. The van der Waals surface area contributed by atoms with Crippen molar-refractivity contribution in [2.45, 2.75) is 44.4 Å². The first-order valence-corrected chi connectivity index (χ1v) is 14.4. The number of hydrogen-bond acceptors (Lipinski definition) is 6. The van der Waals surface area contributed by atoms with Crippen LogP contribution in [0.2, 0.25) is 0 Å². The summed E-state index contributed by atoms with van der Waals surface area (Å²) < 4.78 is 11.1. The maximum absolute atomic E-state index is 12.6. The molecule has 0 bridgehead atoms. The first kappa shape index (κ1) is 27.5. The normalized spacial score (nSPS) is 16.5. The molecule has 6 heteroatoms. The molecule has 3 aromatic rings. The number of anilines is 2. The van der Waals surface area contributed by atoms with Gasteiger partial charge < -0.3 is 19.3 Å². The zero-order valence-corrected chi connectivity index (χ0v) is 23.2. The molecule has 2 aromatic carbocycles. The van der Waals surface area contributed by atoms with Gasteiger partial charge in [0.15, 0.2) is 0 Å². The van der Waals surface area contributed by atoms with E-state index >= 15 is 0 Å². The van der Waals surface area contributed by atoms with Gasteiger partial charge in [-0.05, 0) is 80.2 Å². The third kappa shape index (κ3) is 6.93. The number of likely N-dealkylation sites (tertiary alicyclic amines) is 1. The Bertz CT molecular complexity index is 1190. The van der Waals surface area contributed by atoms with Crippen LogP contribution in [0, 0.1) is 0 Å². The molecule has 206 valence electrons. The Morgan fingerprint density at radius 3 is 2.49 bits per heavy atom. The predicted molar refractivity (Wildman–Crippen MR) is 156 cm³/mol. The van der Waals surface area contributed by atoms with Crippen LogP contribution in [0.4, 0.5) is 11.4 Å². The Morgan fingerprint density at radius 2 is 1.72 bits per heavy atom. The molecular weight excluding hydrogens is 486 g/mol. The van der Waals surface area contributed by atoms with Crippen LogP contribution in [-0.4, -0.2) is 68.3 Å². The number of benzene rings is 2. The topological polar surface area (TPSA) is 54.9 Å². The van der Waals surface area contributed by atoms with Crippen molar-refractivity contribution in [1.29, 1.82) is 0 Å². The van der Waals surface area contributed by atoms with E-state index in [1.54, 1.807) is 6.20 Å². The van der Waals surface area contributed by atoms with E-state index in [9.17, 15) is 4.79 Å². The Morgan fingerprint density at radius 1 is 0.923 bits per heavy atom. The standard InChI is InChI=1S/C33H41N3O3/c1-2-38-22-23-39-21-20-35-18-15-33(16-19-35)26-36(32-8-4-3-7-31(32)33)29-12-9-27(10-13-29)24-30(37)14-11-28-6-5-17-34-25-28/h3-10,12-13,17,25H,2,11,14-16,18-24,26H2,1H3. The minimum absolute atomic E-state index is 0.184. The molecule has 2 aliphatic rings. The number of rotatable bonds is 13. The maximum atomic E-state index is 12.6. The van der Waals surface area contributed by atoms with E-state index in [-0.39, 0.29) is 11.2 Å². The van der Waals surface area contributed by atoms with Crippen LogP contribution in [0.3, 0.4) is 0 Å². The highest BCUT2D eigenvalue weighted by Gasteiger charge is 2.44. The fourth-order valence-electron chi connectivity index (χ4n) is 5.99. The quantitative estimate of drug-likeness (QED) is 0.279. The number of fused-ring (bicyclic) bond motifs is 2. The number of nitrogens with zero attached hydrogens (tertiary/aromatic N) is 3. The minimum atomic E-state index is 0.184. The number of aromatic nitrogens is 1. The summed E-state index contributed by atoms with van der Waals surface area (Å²) in [6.07, 6.45) is 7.69. The van der Waals surface area contributed by atoms with Crippen molar-refractivity contribution in [2.24, 2.45) is 0 Å². The number of ether oxygens (including phenoxy) is 2. The number of Topliss-reactive ketones (excluding diaryl/α,β-unsaturated/α-hetero) is 1. The second kappa shape index (κ2) is 13.3. The lowest BCUT2D eigenvalue weighted by atomic mass is 9.74. The van der Waals surface area contributed by atoms with Crippen molar-refractivity contribution in [2.75, 3.05) is 57.5 Å². The second-order valence-corrected chi connectivity index (χ2v) is 10.8. The zero-order valence-electron chi connectivity index (χ0n) is 23.2. The largest absolute Gasteiger partial charge is 0.379 e. The molecule has 6 nitrogen and oxygen atoms in total. The Labute approximate surface area is 233 Å². The van der Waals surface area contributed by atoms with Crippen molar-refractivity contribution in [1.82, 2.24) is 9.88 Å². The number of para-hydroxylation sites is 1. The van der Waals surface area contributed by atoms with Gasteiger partial charge in [-0.25, -0.2) is 0 Å². The Balaban J connectivity index is 1.16. The fourth-order valence-corrected chi connectivity index (χ4v) is 5.99. The SMILES string of the molecule is CCOCCOCCN1CCC2(CC1)CN(c1ccc(CC(=O)CCc3cccnc3)cc1)c1ccccc12.